The quantitative estimate of drug-likeness (QED) is 0.521. The first-order valence-corrected chi connectivity index (χ1v) is 8.59. The van der Waals surface area contributed by atoms with Crippen LogP contribution < -0.4 is 10.6 Å². The molecule has 0 aromatic heterocycles. The van der Waals surface area contributed by atoms with Gasteiger partial charge in [-0.1, -0.05) is 39.0 Å². The number of rotatable bonds is 9. The molecule has 2 atom stereocenters. The second-order valence-electron chi connectivity index (χ2n) is 7.26. The van der Waals surface area contributed by atoms with Crippen molar-refractivity contribution in [3.05, 3.63) is 35.6 Å². The maximum absolute atomic E-state index is 14.2. The number of benzene rings is 1. The summed E-state index contributed by atoms with van der Waals surface area (Å²) >= 11 is 0. The van der Waals surface area contributed by atoms with Gasteiger partial charge in [0.25, 0.3) is 0 Å². The summed E-state index contributed by atoms with van der Waals surface area (Å²) in [5.41, 5.74) is -1.19. The van der Waals surface area contributed by atoms with E-state index >= 15 is 0 Å². The highest BCUT2D eigenvalue weighted by Gasteiger charge is 2.34. The van der Waals surface area contributed by atoms with Gasteiger partial charge < -0.3 is 15.7 Å². The first-order valence-electron chi connectivity index (χ1n) is 8.59. The minimum Gasteiger partial charge on any atom is -0.481 e. The van der Waals surface area contributed by atoms with Crippen molar-refractivity contribution in [3.63, 3.8) is 0 Å². The lowest BCUT2D eigenvalue weighted by atomic mass is 9.94. The zero-order chi connectivity index (χ0) is 22.4. The van der Waals surface area contributed by atoms with Gasteiger partial charge in [-0.3, -0.25) is 24.0 Å². The summed E-state index contributed by atoms with van der Waals surface area (Å²) in [5.74, 6) is -7.07. The van der Waals surface area contributed by atoms with Gasteiger partial charge in [-0.05, 0) is 6.07 Å². The number of amides is 2. The van der Waals surface area contributed by atoms with Crippen LogP contribution in [0.5, 0.6) is 0 Å². The zero-order valence-electron chi connectivity index (χ0n) is 16.1. The van der Waals surface area contributed by atoms with Crippen molar-refractivity contribution < 1.29 is 37.9 Å². The van der Waals surface area contributed by atoms with Crippen molar-refractivity contribution in [1.29, 1.82) is 0 Å². The molecular weight excluding hydrogens is 390 g/mol. The second-order valence-corrected chi connectivity index (χ2v) is 7.26. The molecule has 0 aliphatic carbocycles. The number of aliphatic carboxylic acids is 1. The van der Waals surface area contributed by atoms with E-state index < -0.39 is 65.8 Å². The van der Waals surface area contributed by atoms with Crippen molar-refractivity contribution in [3.8, 4) is 0 Å². The Morgan fingerprint density at radius 1 is 1.07 bits per heavy atom. The van der Waals surface area contributed by atoms with Crippen LogP contribution >= 0.6 is 0 Å². The Hall–Kier alpha value is -3.17. The molecule has 29 heavy (non-hydrogen) atoms. The van der Waals surface area contributed by atoms with Gasteiger partial charge >= 0.3 is 5.97 Å². The average Bonchev–Trinajstić information content (AvgIpc) is 2.63. The molecule has 2 unspecified atom stereocenters. The van der Waals surface area contributed by atoms with E-state index in [0.717, 1.165) is 6.07 Å². The molecule has 0 heterocycles. The Labute approximate surface area is 165 Å². The lowest BCUT2D eigenvalue weighted by molar-refractivity contribution is -0.144. The topological polar surface area (TPSA) is 130 Å². The molecule has 8 nitrogen and oxygen atoms in total. The minimum atomic E-state index is -1.87. The summed E-state index contributed by atoms with van der Waals surface area (Å²) in [4.78, 5) is 59.3. The molecule has 0 saturated carbocycles. The van der Waals surface area contributed by atoms with Crippen LogP contribution in [-0.2, 0) is 24.0 Å². The molecule has 0 fully saturated rings. The maximum Gasteiger partial charge on any atom is 0.305 e. The Morgan fingerprint density at radius 2 is 1.66 bits per heavy atom. The summed E-state index contributed by atoms with van der Waals surface area (Å²) in [6, 6.07) is 1.55. The molecule has 1 aromatic rings. The summed E-state index contributed by atoms with van der Waals surface area (Å²) in [5, 5.41) is 13.3. The fourth-order valence-corrected chi connectivity index (χ4v) is 2.24. The second kappa shape index (κ2) is 9.85. The van der Waals surface area contributed by atoms with Crippen molar-refractivity contribution in [2.45, 2.75) is 39.3 Å². The largest absolute Gasteiger partial charge is 0.481 e. The lowest BCUT2D eigenvalue weighted by Gasteiger charge is -2.26. The minimum absolute atomic E-state index is 0.235. The van der Waals surface area contributed by atoms with Gasteiger partial charge in [0.05, 0.1) is 6.42 Å². The summed E-state index contributed by atoms with van der Waals surface area (Å²) in [6.45, 7) is 2.99. The molecule has 2 amide bonds. The Kier molecular flexibility index (Phi) is 8.11. The van der Waals surface area contributed by atoms with Gasteiger partial charge in [-0.2, -0.15) is 0 Å². The predicted molar refractivity (Wildman–Crippen MR) is 96.9 cm³/mol. The van der Waals surface area contributed by atoms with Gasteiger partial charge in [-0.25, -0.2) is 8.78 Å². The monoisotopic (exact) mass is 412 g/mol. The zero-order valence-corrected chi connectivity index (χ0v) is 16.1. The molecule has 0 spiro atoms. The highest BCUT2D eigenvalue weighted by atomic mass is 19.1. The number of carboxylic acid groups (broad SMARTS) is 1. The van der Waals surface area contributed by atoms with E-state index in [2.05, 4.69) is 5.32 Å². The molecule has 158 valence electrons. The van der Waals surface area contributed by atoms with E-state index in [-0.39, 0.29) is 5.56 Å². The van der Waals surface area contributed by atoms with Crippen LogP contribution in [0.4, 0.5) is 8.78 Å². The number of halogens is 2. The normalized spacial score (nSPS) is 13.1. The van der Waals surface area contributed by atoms with E-state index in [1.807, 2.05) is 5.32 Å². The molecule has 3 N–H and O–H groups in total. The van der Waals surface area contributed by atoms with Crippen molar-refractivity contribution in [1.82, 2.24) is 10.6 Å². The number of hydrogen-bond donors (Lipinski definition) is 3. The highest BCUT2D eigenvalue weighted by molar-refractivity contribution is 6.40. The van der Waals surface area contributed by atoms with E-state index in [9.17, 15) is 32.8 Å². The molecule has 1 aromatic carbocycles. The fraction of sp³-hybridized carbons (Fsp3) is 0.421. The maximum atomic E-state index is 14.2. The smallest absolute Gasteiger partial charge is 0.305 e. The summed E-state index contributed by atoms with van der Waals surface area (Å²) in [7, 11) is 0. The molecule has 0 radical (unpaired) electrons. The number of carbonyl (C=O) groups is 5. The molecular formula is C19H22F2N2O6. The SMILES string of the molecule is CC(C)(C)C(=O)NC(C(=O)NC(CC(=O)O)C(=O)C(=O)CF)c1ccccc1F. The van der Waals surface area contributed by atoms with E-state index in [1.54, 1.807) is 20.8 Å². The van der Waals surface area contributed by atoms with Crippen molar-refractivity contribution in [2.24, 2.45) is 5.41 Å². The van der Waals surface area contributed by atoms with Crippen LogP contribution in [0, 0.1) is 11.2 Å². The number of Topliss-reactive ketones (excluding diaryl/α,β-unsaturated/α-hetero) is 2. The number of ketones is 2. The molecule has 0 saturated heterocycles. The Balaban J connectivity index is 3.25. The first-order chi connectivity index (χ1) is 13.4. The van der Waals surface area contributed by atoms with Crippen molar-refractivity contribution >= 4 is 29.4 Å². The molecule has 0 bridgehead atoms. The number of hydrogen-bond acceptors (Lipinski definition) is 5. The molecule has 0 aliphatic heterocycles. The number of carboxylic acids is 1. The van der Waals surface area contributed by atoms with E-state index in [4.69, 9.17) is 5.11 Å². The third-order valence-electron chi connectivity index (χ3n) is 3.84. The number of carbonyl (C=O) groups excluding carboxylic acids is 4. The van der Waals surface area contributed by atoms with Gasteiger partial charge in [0, 0.05) is 11.0 Å². The van der Waals surface area contributed by atoms with E-state index in [0.29, 0.717) is 0 Å². The van der Waals surface area contributed by atoms with Gasteiger partial charge in [0.15, 0.2) is 6.67 Å². The first kappa shape index (κ1) is 23.9. The fourth-order valence-electron chi connectivity index (χ4n) is 2.24. The average molecular weight is 412 g/mol. The van der Waals surface area contributed by atoms with Crippen LogP contribution in [0.1, 0.15) is 38.8 Å². The highest BCUT2D eigenvalue weighted by Crippen LogP contribution is 2.21. The van der Waals surface area contributed by atoms with Crippen molar-refractivity contribution in [2.75, 3.05) is 6.67 Å². The lowest BCUT2D eigenvalue weighted by Crippen LogP contribution is -2.51. The third-order valence-corrected chi connectivity index (χ3v) is 3.84. The van der Waals surface area contributed by atoms with Crippen LogP contribution in [0.2, 0.25) is 0 Å². The Morgan fingerprint density at radius 3 is 2.14 bits per heavy atom. The third kappa shape index (κ3) is 6.74. The van der Waals surface area contributed by atoms with Crippen LogP contribution in [0.3, 0.4) is 0 Å². The summed E-state index contributed by atoms with van der Waals surface area (Å²) in [6.07, 6.45) is -0.993. The molecule has 10 heteroatoms. The van der Waals surface area contributed by atoms with E-state index in [1.165, 1.54) is 18.2 Å². The number of alkyl halides is 1. The summed E-state index contributed by atoms with van der Waals surface area (Å²) < 4.78 is 26.8. The van der Waals surface area contributed by atoms with Gasteiger partial charge in [0.1, 0.15) is 17.9 Å². The van der Waals surface area contributed by atoms with Crippen LogP contribution in [0.15, 0.2) is 24.3 Å². The predicted octanol–water partition coefficient (Wildman–Crippen LogP) is 1.10. The standard InChI is InChI=1S/C19H22F2N2O6/c1-19(2,3)18(29)23-15(10-6-4-5-7-11(10)21)17(28)22-12(8-14(25)26)16(27)13(24)9-20/h4-7,12,15H,8-9H2,1-3H3,(H,22,28)(H,23,29)(H,25,26). The number of nitrogens with one attached hydrogen (secondary N) is 2. The van der Waals surface area contributed by atoms with Gasteiger partial charge in [-0.15, -0.1) is 0 Å². The molecule has 0 aliphatic rings. The van der Waals surface area contributed by atoms with Crippen LogP contribution in [0.25, 0.3) is 0 Å². The molecule has 1 rings (SSSR count). The Bertz CT molecular complexity index is 819. The van der Waals surface area contributed by atoms with Crippen LogP contribution in [-0.4, -0.2) is 47.2 Å². The van der Waals surface area contributed by atoms with Gasteiger partial charge in [0.2, 0.25) is 23.4 Å².